The third-order valence-corrected chi connectivity index (χ3v) is 5.25. The van der Waals surface area contributed by atoms with Gasteiger partial charge in [0.15, 0.2) is 0 Å². The number of likely N-dealkylation sites (N-methyl/N-ethyl adjacent to an activating group) is 1. The molecular formula is C15H17N3S2. The van der Waals surface area contributed by atoms with E-state index in [1.54, 1.807) is 22.7 Å². The maximum Gasteiger partial charge on any atom is 0.107 e. The highest BCUT2D eigenvalue weighted by atomic mass is 32.1. The van der Waals surface area contributed by atoms with E-state index in [2.05, 4.69) is 42.1 Å². The molecule has 0 radical (unpaired) electrons. The molecular weight excluding hydrogens is 286 g/mol. The van der Waals surface area contributed by atoms with Crippen LogP contribution in [0.5, 0.6) is 0 Å². The van der Waals surface area contributed by atoms with Gasteiger partial charge in [0, 0.05) is 24.0 Å². The first-order valence-electron chi connectivity index (χ1n) is 6.65. The molecule has 0 saturated carbocycles. The number of thiazole rings is 2. The molecule has 0 aliphatic rings. The molecule has 3 aromatic rings. The molecule has 1 atom stereocenters. The van der Waals surface area contributed by atoms with E-state index in [4.69, 9.17) is 4.98 Å². The lowest BCUT2D eigenvalue weighted by molar-refractivity contribution is 0.247. The van der Waals surface area contributed by atoms with Gasteiger partial charge in [0.2, 0.25) is 0 Å². The summed E-state index contributed by atoms with van der Waals surface area (Å²) < 4.78 is 1.28. The van der Waals surface area contributed by atoms with Crippen molar-refractivity contribution in [2.45, 2.75) is 25.9 Å². The van der Waals surface area contributed by atoms with Crippen LogP contribution < -0.4 is 0 Å². The predicted octanol–water partition coefficient (Wildman–Crippen LogP) is 3.82. The van der Waals surface area contributed by atoms with Crippen LogP contribution in [-0.4, -0.2) is 28.0 Å². The Balaban J connectivity index is 1.67. The topological polar surface area (TPSA) is 29.0 Å². The first-order chi connectivity index (χ1) is 9.72. The molecule has 2 heterocycles. The minimum atomic E-state index is 0.458. The Morgan fingerprint density at radius 1 is 1.25 bits per heavy atom. The van der Waals surface area contributed by atoms with Gasteiger partial charge in [0.1, 0.15) is 5.01 Å². The maximum absolute atomic E-state index is 4.71. The normalized spacial score (nSPS) is 13.2. The second-order valence-corrected chi connectivity index (χ2v) is 7.06. The summed E-state index contributed by atoms with van der Waals surface area (Å²) in [5.41, 5.74) is 1.11. The molecule has 0 N–H and O–H groups in total. The Kier molecular flexibility index (Phi) is 4.10. The quantitative estimate of drug-likeness (QED) is 0.717. The van der Waals surface area contributed by atoms with Crippen LogP contribution in [0, 0.1) is 0 Å². The second kappa shape index (κ2) is 5.99. The third-order valence-electron chi connectivity index (χ3n) is 3.43. The Bertz CT molecular complexity index is 642. The zero-order valence-electron chi connectivity index (χ0n) is 11.6. The van der Waals surface area contributed by atoms with E-state index in [-0.39, 0.29) is 0 Å². The van der Waals surface area contributed by atoms with E-state index in [9.17, 15) is 0 Å². The molecule has 104 valence electrons. The Morgan fingerprint density at radius 3 is 2.85 bits per heavy atom. The largest absolute Gasteiger partial charge is 0.297 e. The lowest BCUT2D eigenvalue weighted by atomic mass is 10.2. The van der Waals surface area contributed by atoms with Crippen molar-refractivity contribution in [1.82, 2.24) is 14.9 Å². The minimum Gasteiger partial charge on any atom is -0.297 e. The van der Waals surface area contributed by atoms with E-state index in [1.165, 1.54) is 14.7 Å². The number of hydrogen-bond acceptors (Lipinski definition) is 5. The number of benzene rings is 1. The zero-order valence-corrected chi connectivity index (χ0v) is 13.2. The van der Waals surface area contributed by atoms with Crippen LogP contribution in [0.15, 0.2) is 35.8 Å². The van der Waals surface area contributed by atoms with E-state index in [0.717, 1.165) is 18.5 Å². The highest BCUT2D eigenvalue weighted by Gasteiger charge is 2.14. The average molecular weight is 303 g/mol. The summed E-state index contributed by atoms with van der Waals surface area (Å²) in [5.74, 6) is 0. The molecule has 0 unspecified atom stereocenters. The van der Waals surface area contributed by atoms with Crippen molar-refractivity contribution in [1.29, 1.82) is 0 Å². The molecule has 2 aromatic heterocycles. The van der Waals surface area contributed by atoms with Gasteiger partial charge in [-0.3, -0.25) is 4.90 Å². The van der Waals surface area contributed by atoms with Crippen LogP contribution in [-0.2, 0) is 13.0 Å². The fourth-order valence-electron chi connectivity index (χ4n) is 2.12. The van der Waals surface area contributed by atoms with Crippen molar-refractivity contribution in [2.24, 2.45) is 0 Å². The summed E-state index contributed by atoms with van der Waals surface area (Å²) in [6, 6.07) is 8.80. The predicted molar refractivity (Wildman–Crippen MR) is 86.4 cm³/mol. The van der Waals surface area contributed by atoms with Gasteiger partial charge in [0.25, 0.3) is 0 Å². The Labute approximate surface area is 126 Å². The molecule has 1 aromatic carbocycles. The molecule has 0 saturated heterocycles. The maximum atomic E-state index is 4.71. The van der Waals surface area contributed by atoms with Gasteiger partial charge >= 0.3 is 0 Å². The standard InChI is InChI=1S/C15H17N3S2/c1-11(18(2)10-15-16-7-8-19-15)9-14-17-12-5-3-4-6-13(12)20-14/h3-8,11H,9-10H2,1-2H3/t11-/m1/s1. The first-order valence-corrected chi connectivity index (χ1v) is 8.35. The van der Waals surface area contributed by atoms with E-state index < -0.39 is 0 Å². The van der Waals surface area contributed by atoms with E-state index in [0.29, 0.717) is 6.04 Å². The number of fused-ring (bicyclic) bond motifs is 1. The van der Waals surface area contributed by atoms with E-state index in [1.807, 2.05) is 17.6 Å². The fraction of sp³-hybridized carbons (Fsp3) is 0.333. The zero-order chi connectivity index (χ0) is 13.9. The van der Waals surface area contributed by atoms with Crippen LogP contribution in [0.3, 0.4) is 0 Å². The number of hydrogen-bond donors (Lipinski definition) is 0. The Hall–Kier alpha value is -1.30. The summed E-state index contributed by atoms with van der Waals surface area (Å²) >= 11 is 3.51. The van der Waals surface area contributed by atoms with Gasteiger partial charge in [-0.2, -0.15) is 0 Å². The highest BCUT2D eigenvalue weighted by Crippen LogP contribution is 2.23. The SMILES string of the molecule is C[C@H](Cc1nc2ccccc2s1)N(C)Cc1nccs1. The van der Waals surface area contributed by atoms with Crippen LogP contribution in [0.2, 0.25) is 0 Å². The average Bonchev–Trinajstić information content (AvgIpc) is 3.06. The summed E-state index contributed by atoms with van der Waals surface area (Å²) in [4.78, 5) is 11.4. The first kappa shape index (κ1) is 13.7. The molecule has 0 fully saturated rings. The molecule has 0 spiro atoms. The molecule has 3 rings (SSSR count). The number of para-hydroxylation sites is 1. The molecule has 0 amide bonds. The van der Waals surface area contributed by atoms with Gasteiger partial charge in [-0.05, 0) is 26.1 Å². The van der Waals surface area contributed by atoms with Crippen molar-refractivity contribution >= 4 is 32.9 Å². The van der Waals surface area contributed by atoms with Crippen molar-refractivity contribution in [3.8, 4) is 0 Å². The smallest absolute Gasteiger partial charge is 0.107 e. The fourth-order valence-corrected chi connectivity index (χ4v) is 3.88. The summed E-state index contributed by atoms with van der Waals surface area (Å²) in [6.45, 7) is 3.16. The molecule has 5 heteroatoms. The second-order valence-electron chi connectivity index (χ2n) is 4.97. The van der Waals surface area contributed by atoms with Crippen molar-refractivity contribution < 1.29 is 0 Å². The Morgan fingerprint density at radius 2 is 2.10 bits per heavy atom. The van der Waals surface area contributed by atoms with Gasteiger partial charge in [-0.1, -0.05) is 12.1 Å². The summed E-state index contributed by atoms with van der Waals surface area (Å²) in [5, 5.41) is 4.41. The highest BCUT2D eigenvalue weighted by molar-refractivity contribution is 7.18. The van der Waals surface area contributed by atoms with Crippen molar-refractivity contribution in [3.63, 3.8) is 0 Å². The number of nitrogens with zero attached hydrogens (tertiary/aromatic N) is 3. The van der Waals surface area contributed by atoms with Gasteiger partial charge in [-0.25, -0.2) is 9.97 Å². The van der Waals surface area contributed by atoms with Crippen molar-refractivity contribution in [3.05, 3.63) is 45.9 Å². The van der Waals surface area contributed by atoms with Gasteiger partial charge in [-0.15, -0.1) is 22.7 Å². The number of rotatable bonds is 5. The molecule has 0 bridgehead atoms. The third kappa shape index (κ3) is 3.06. The van der Waals surface area contributed by atoms with Crippen molar-refractivity contribution in [2.75, 3.05) is 7.05 Å². The van der Waals surface area contributed by atoms with Gasteiger partial charge in [0.05, 0.1) is 21.8 Å². The summed E-state index contributed by atoms with van der Waals surface area (Å²) in [6.07, 6.45) is 2.85. The van der Waals surface area contributed by atoms with Crippen LogP contribution in [0.25, 0.3) is 10.2 Å². The lowest BCUT2D eigenvalue weighted by Gasteiger charge is -2.22. The number of aromatic nitrogens is 2. The molecule has 20 heavy (non-hydrogen) atoms. The summed E-state index contributed by atoms with van der Waals surface area (Å²) in [7, 11) is 2.15. The van der Waals surface area contributed by atoms with Crippen LogP contribution >= 0.6 is 22.7 Å². The van der Waals surface area contributed by atoms with Crippen LogP contribution in [0.1, 0.15) is 16.9 Å². The van der Waals surface area contributed by atoms with Crippen LogP contribution in [0.4, 0.5) is 0 Å². The molecule has 3 nitrogen and oxygen atoms in total. The molecule has 0 aliphatic carbocycles. The monoisotopic (exact) mass is 303 g/mol. The van der Waals surface area contributed by atoms with Gasteiger partial charge < -0.3 is 0 Å². The lowest BCUT2D eigenvalue weighted by Crippen LogP contribution is -2.30. The van der Waals surface area contributed by atoms with E-state index >= 15 is 0 Å². The minimum absolute atomic E-state index is 0.458. The molecule has 0 aliphatic heterocycles.